The highest BCUT2D eigenvalue weighted by Crippen LogP contribution is 2.27. The lowest BCUT2D eigenvalue weighted by Crippen LogP contribution is -3.15. The van der Waals surface area contributed by atoms with Crippen molar-refractivity contribution in [2.75, 3.05) is 26.3 Å². The average molecular weight is 331 g/mol. The largest absolute Gasteiger partial charge is 0.370 e. The standard InChI is InChI=1S/C20H30N2O2/c1-16(21-19(23)15-17-7-5-6-8-17)20(18-9-3-2-4-10-18)22-11-13-24-14-12-22/h2-4,9-10,16-17,20H,5-8,11-15H2,1H3,(H,21,23)/p+1/t16-,20-/m1/s1. The molecule has 0 bridgehead atoms. The van der Waals surface area contributed by atoms with E-state index >= 15 is 0 Å². The first-order valence-electron chi connectivity index (χ1n) is 9.50. The van der Waals surface area contributed by atoms with Crippen molar-refractivity contribution in [2.24, 2.45) is 5.92 Å². The van der Waals surface area contributed by atoms with Gasteiger partial charge in [0.05, 0.1) is 19.3 Å². The molecule has 0 aromatic heterocycles. The minimum Gasteiger partial charge on any atom is -0.370 e. The number of morpholine rings is 1. The van der Waals surface area contributed by atoms with E-state index in [9.17, 15) is 4.79 Å². The fourth-order valence-electron chi connectivity index (χ4n) is 4.36. The topological polar surface area (TPSA) is 42.8 Å². The quantitative estimate of drug-likeness (QED) is 0.834. The van der Waals surface area contributed by atoms with Gasteiger partial charge in [-0.3, -0.25) is 4.79 Å². The number of rotatable bonds is 6. The monoisotopic (exact) mass is 331 g/mol. The SMILES string of the molecule is C[C@@H](NC(=O)CC1CCCC1)[C@H](c1ccccc1)[NH+]1CCOCC1. The molecule has 4 heteroatoms. The Morgan fingerprint density at radius 2 is 1.88 bits per heavy atom. The summed E-state index contributed by atoms with van der Waals surface area (Å²) in [4.78, 5) is 14.0. The summed E-state index contributed by atoms with van der Waals surface area (Å²) in [6.45, 7) is 5.78. The molecule has 4 nitrogen and oxygen atoms in total. The van der Waals surface area contributed by atoms with Gasteiger partial charge in [0.1, 0.15) is 19.1 Å². The van der Waals surface area contributed by atoms with E-state index in [4.69, 9.17) is 4.74 Å². The van der Waals surface area contributed by atoms with Gasteiger partial charge in [0.15, 0.2) is 0 Å². The van der Waals surface area contributed by atoms with Crippen LogP contribution >= 0.6 is 0 Å². The van der Waals surface area contributed by atoms with Gasteiger partial charge in [-0.2, -0.15) is 0 Å². The van der Waals surface area contributed by atoms with Crippen molar-refractivity contribution in [3.63, 3.8) is 0 Å². The van der Waals surface area contributed by atoms with E-state index < -0.39 is 0 Å². The van der Waals surface area contributed by atoms with Crippen molar-refractivity contribution in [1.29, 1.82) is 0 Å². The molecule has 2 fully saturated rings. The van der Waals surface area contributed by atoms with Crippen LogP contribution in [0.3, 0.4) is 0 Å². The Kier molecular flexibility index (Phi) is 6.27. The third-order valence-corrected chi connectivity index (χ3v) is 5.57. The van der Waals surface area contributed by atoms with Gasteiger partial charge in [-0.1, -0.05) is 43.2 Å². The van der Waals surface area contributed by atoms with Crippen molar-refractivity contribution in [3.8, 4) is 0 Å². The Bertz CT molecular complexity index is 508. The van der Waals surface area contributed by atoms with E-state index in [2.05, 4.69) is 42.6 Å². The number of nitrogens with one attached hydrogen (secondary N) is 2. The zero-order chi connectivity index (χ0) is 16.8. The number of quaternary nitrogens is 1. The molecule has 132 valence electrons. The molecular formula is C20H31N2O2+. The van der Waals surface area contributed by atoms with Crippen LogP contribution in [0.4, 0.5) is 0 Å². The molecule has 1 amide bonds. The number of amides is 1. The van der Waals surface area contributed by atoms with Crippen LogP contribution in [0, 0.1) is 5.92 Å². The highest BCUT2D eigenvalue weighted by atomic mass is 16.5. The molecule has 1 saturated heterocycles. The van der Waals surface area contributed by atoms with Crippen molar-refractivity contribution in [1.82, 2.24) is 5.32 Å². The zero-order valence-electron chi connectivity index (χ0n) is 14.8. The summed E-state index contributed by atoms with van der Waals surface area (Å²) in [5.41, 5.74) is 1.31. The fraction of sp³-hybridized carbons (Fsp3) is 0.650. The summed E-state index contributed by atoms with van der Waals surface area (Å²) in [6, 6.07) is 11.0. The Hall–Kier alpha value is -1.39. The normalized spacial score (nSPS) is 22.2. The zero-order valence-corrected chi connectivity index (χ0v) is 14.8. The summed E-state index contributed by atoms with van der Waals surface area (Å²) < 4.78 is 5.53. The predicted octanol–water partition coefficient (Wildman–Crippen LogP) is 1.73. The third-order valence-electron chi connectivity index (χ3n) is 5.57. The lowest BCUT2D eigenvalue weighted by molar-refractivity contribution is -0.940. The third kappa shape index (κ3) is 4.58. The number of hydrogen-bond donors (Lipinski definition) is 2. The number of carbonyl (C=O) groups excluding carboxylic acids is 1. The van der Waals surface area contributed by atoms with Crippen molar-refractivity contribution < 1.29 is 14.4 Å². The highest BCUT2D eigenvalue weighted by molar-refractivity contribution is 5.76. The molecule has 2 atom stereocenters. The summed E-state index contributed by atoms with van der Waals surface area (Å²) in [5.74, 6) is 0.825. The molecule has 1 aliphatic carbocycles. The maximum Gasteiger partial charge on any atom is 0.220 e. The molecule has 1 aromatic rings. The van der Waals surface area contributed by atoms with E-state index in [-0.39, 0.29) is 11.9 Å². The van der Waals surface area contributed by atoms with Crippen LogP contribution in [0.1, 0.15) is 50.6 Å². The molecule has 24 heavy (non-hydrogen) atoms. The molecular weight excluding hydrogens is 300 g/mol. The van der Waals surface area contributed by atoms with Gasteiger partial charge < -0.3 is 15.0 Å². The van der Waals surface area contributed by atoms with E-state index in [0.29, 0.717) is 18.4 Å². The maximum absolute atomic E-state index is 12.5. The molecule has 2 N–H and O–H groups in total. The molecule has 1 heterocycles. The van der Waals surface area contributed by atoms with E-state index in [1.54, 1.807) is 0 Å². The molecule has 0 spiro atoms. The van der Waals surface area contributed by atoms with Gasteiger partial charge in [0.2, 0.25) is 5.91 Å². The van der Waals surface area contributed by atoms with Crippen LogP contribution < -0.4 is 10.2 Å². The van der Waals surface area contributed by atoms with Crippen LogP contribution in [-0.4, -0.2) is 38.3 Å². The van der Waals surface area contributed by atoms with Gasteiger partial charge in [0.25, 0.3) is 0 Å². The first-order valence-corrected chi connectivity index (χ1v) is 9.50. The molecule has 0 unspecified atom stereocenters. The second-order valence-electron chi connectivity index (χ2n) is 7.37. The van der Waals surface area contributed by atoms with Gasteiger partial charge in [-0.25, -0.2) is 0 Å². The maximum atomic E-state index is 12.5. The van der Waals surface area contributed by atoms with Crippen LogP contribution in [0.5, 0.6) is 0 Å². The number of carbonyl (C=O) groups is 1. The van der Waals surface area contributed by atoms with Crippen molar-refractivity contribution >= 4 is 5.91 Å². The summed E-state index contributed by atoms with van der Waals surface area (Å²) in [7, 11) is 0. The van der Waals surface area contributed by atoms with Crippen molar-refractivity contribution in [3.05, 3.63) is 35.9 Å². The highest BCUT2D eigenvalue weighted by Gasteiger charge is 2.32. The van der Waals surface area contributed by atoms with E-state index in [1.165, 1.54) is 36.1 Å². The van der Waals surface area contributed by atoms with Gasteiger partial charge in [0, 0.05) is 12.0 Å². The van der Waals surface area contributed by atoms with Gasteiger partial charge in [-0.15, -0.1) is 0 Å². The lowest BCUT2D eigenvalue weighted by Gasteiger charge is -2.35. The number of hydrogen-bond acceptors (Lipinski definition) is 2. The first kappa shape index (κ1) is 17.4. The van der Waals surface area contributed by atoms with E-state index in [0.717, 1.165) is 26.3 Å². The first-order chi connectivity index (χ1) is 11.7. The molecule has 0 radical (unpaired) electrons. The van der Waals surface area contributed by atoms with Crippen LogP contribution in [-0.2, 0) is 9.53 Å². The molecule has 2 aliphatic rings. The molecule has 3 rings (SSSR count). The minimum absolute atomic E-state index is 0.134. The Labute approximate surface area is 145 Å². The smallest absolute Gasteiger partial charge is 0.220 e. The second-order valence-corrected chi connectivity index (χ2v) is 7.37. The Morgan fingerprint density at radius 1 is 1.21 bits per heavy atom. The van der Waals surface area contributed by atoms with Crippen LogP contribution in [0.25, 0.3) is 0 Å². The fourth-order valence-corrected chi connectivity index (χ4v) is 4.36. The summed E-state index contributed by atoms with van der Waals surface area (Å²) in [5, 5.41) is 3.30. The minimum atomic E-state index is 0.134. The van der Waals surface area contributed by atoms with Gasteiger partial charge in [-0.05, 0) is 25.7 Å². The van der Waals surface area contributed by atoms with E-state index in [1.807, 2.05) is 0 Å². The van der Waals surface area contributed by atoms with Gasteiger partial charge >= 0.3 is 0 Å². The predicted molar refractivity (Wildman–Crippen MR) is 94.9 cm³/mol. The van der Waals surface area contributed by atoms with Crippen LogP contribution in [0.15, 0.2) is 30.3 Å². The average Bonchev–Trinajstić information content (AvgIpc) is 3.10. The lowest BCUT2D eigenvalue weighted by atomic mass is 9.97. The Morgan fingerprint density at radius 3 is 2.54 bits per heavy atom. The van der Waals surface area contributed by atoms with Crippen molar-refractivity contribution in [2.45, 2.75) is 51.1 Å². The Balaban J connectivity index is 1.65. The molecule has 1 aromatic carbocycles. The molecule has 1 saturated carbocycles. The molecule has 1 aliphatic heterocycles. The van der Waals surface area contributed by atoms with Crippen LogP contribution in [0.2, 0.25) is 0 Å². The number of benzene rings is 1. The summed E-state index contributed by atoms with van der Waals surface area (Å²) in [6.07, 6.45) is 5.72. The number of ether oxygens (including phenoxy) is 1. The second kappa shape index (κ2) is 8.63. The summed E-state index contributed by atoms with van der Waals surface area (Å²) >= 11 is 0.